The molecule has 0 N–H and O–H groups in total. The third-order valence-corrected chi connectivity index (χ3v) is 3.38. The van der Waals surface area contributed by atoms with Crippen LogP contribution in [0.15, 0.2) is 24.3 Å². The topological polar surface area (TPSA) is 6.48 Å². The van der Waals surface area contributed by atoms with Gasteiger partial charge in [0.25, 0.3) is 0 Å². The summed E-state index contributed by atoms with van der Waals surface area (Å²) in [6.45, 7) is 14.3. The molecule has 0 radical (unpaired) electrons. The fourth-order valence-corrected chi connectivity index (χ4v) is 2.21. The normalized spacial score (nSPS) is 10.9. The van der Waals surface area contributed by atoms with Gasteiger partial charge in [-0.3, -0.25) is 4.90 Å². The molecular weight excluding hydrogens is 208 g/mol. The van der Waals surface area contributed by atoms with Crippen molar-refractivity contribution < 1.29 is 0 Å². The maximum absolute atomic E-state index is 2.46. The Labute approximate surface area is 106 Å². The van der Waals surface area contributed by atoms with Crippen molar-refractivity contribution in [2.45, 2.75) is 34.2 Å². The Kier molecular flexibility index (Phi) is 6.06. The summed E-state index contributed by atoms with van der Waals surface area (Å²) in [6, 6.07) is 8.78. The summed E-state index contributed by atoms with van der Waals surface area (Å²) in [6.07, 6.45) is 0. The zero-order valence-electron chi connectivity index (χ0n) is 11.7. The van der Waals surface area contributed by atoms with Gasteiger partial charge in [0, 0.05) is 25.3 Å². The van der Waals surface area contributed by atoms with E-state index in [4.69, 9.17) is 0 Å². The van der Waals surface area contributed by atoms with Crippen molar-refractivity contribution in [1.82, 2.24) is 4.90 Å². The summed E-state index contributed by atoms with van der Waals surface area (Å²) in [4.78, 5) is 4.89. The van der Waals surface area contributed by atoms with E-state index in [-0.39, 0.29) is 0 Å². The van der Waals surface area contributed by atoms with E-state index in [9.17, 15) is 0 Å². The first-order chi connectivity index (χ1) is 8.26. The number of para-hydroxylation sites is 1. The molecule has 0 bridgehead atoms. The molecule has 0 aromatic heterocycles. The Bertz CT molecular complexity index is 314. The van der Waals surface area contributed by atoms with Crippen LogP contribution >= 0.6 is 0 Å². The molecule has 17 heavy (non-hydrogen) atoms. The van der Waals surface area contributed by atoms with Gasteiger partial charge >= 0.3 is 0 Å². The van der Waals surface area contributed by atoms with Gasteiger partial charge in [0.2, 0.25) is 0 Å². The second kappa shape index (κ2) is 7.33. The van der Waals surface area contributed by atoms with Gasteiger partial charge in [-0.15, -0.1) is 0 Å². The SMILES string of the molecule is CCN(CC)Cc1ccccc1N(CC)CC. The smallest absolute Gasteiger partial charge is 0.0411 e. The Morgan fingerprint density at radius 1 is 0.824 bits per heavy atom. The minimum absolute atomic E-state index is 1.06. The van der Waals surface area contributed by atoms with Crippen LogP contribution in [0.1, 0.15) is 33.3 Å². The van der Waals surface area contributed by atoms with Gasteiger partial charge < -0.3 is 4.90 Å². The Balaban J connectivity index is 2.90. The predicted molar refractivity (Wildman–Crippen MR) is 76.6 cm³/mol. The minimum atomic E-state index is 1.06. The van der Waals surface area contributed by atoms with E-state index in [1.54, 1.807) is 0 Å². The fourth-order valence-electron chi connectivity index (χ4n) is 2.21. The molecule has 0 amide bonds. The van der Waals surface area contributed by atoms with Crippen molar-refractivity contribution in [3.63, 3.8) is 0 Å². The number of hydrogen-bond acceptors (Lipinski definition) is 2. The molecule has 2 heteroatoms. The quantitative estimate of drug-likeness (QED) is 0.713. The number of anilines is 1. The molecule has 0 aliphatic carbocycles. The number of nitrogens with zero attached hydrogens (tertiary/aromatic N) is 2. The van der Waals surface area contributed by atoms with Crippen LogP contribution in [0.25, 0.3) is 0 Å². The molecule has 0 unspecified atom stereocenters. The first kappa shape index (κ1) is 14.0. The molecule has 0 saturated heterocycles. The maximum Gasteiger partial charge on any atom is 0.0411 e. The van der Waals surface area contributed by atoms with Crippen LogP contribution in [0, 0.1) is 0 Å². The molecule has 0 heterocycles. The van der Waals surface area contributed by atoms with Crippen LogP contribution in [-0.4, -0.2) is 31.1 Å². The lowest BCUT2D eigenvalue weighted by atomic mass is 10.1. The van der Waals surface area contributed by atoms with Crippen molar-refractivity contribution in [1.29, 1.82) is 0 Å². The van der Waals surface area contributed by atoms with Crippen LogP contribution in [-0.2, 0) is 6.54 Å². The van der Waals surface area contributed by atoms with Crippen molar-refractivity contribution >= 4 is 5.69 Å². The molecule has 0 fully saturated rings. The molecule has 1 aromatic rings. The molecule has 0 spiro atoms. The standard InChI is InChI=1S/C15H26N2/c1-5-16(6-2)13-14-11-9-10-12-15(14)17(7-3)8-4/h9-12H,5-8,13H2,1-4H3. The van der Waals surface area contributed by atoms with Gasteiger partial charge in [0.1, 0.15) is 0 Å². The Morgan fingerprint density at radius 2 is 1.41 bits per heavy atom. The molecule has 1 rings (SSSR count). The van der Waals surface area contributed by atoms with E-state index in [1.807, 2.05) is 0 Å². The first-order valence-corrected chi connectivity index (χ1v) is 6.81. The van der Waals surface area contributed by atoms with Crippen LogP contribution in [0.3, 0.4) is 0 Å². The molecule has 2 nitrogen and oxygen atoms in total. The van der Waals surface area contributed by atoms with Gasteiger partial charge in [-0.25, -0.2) is 0 Å². The number of rotatable bonds is 7. The van der Waals surface area contributed by atoms with Crippen molar-refractivity contribution in [3.8, 4) is 0 Å². The zero-order chi connectivity index (χ0) is 12.7. The average Bonchev–Trinajstić information content (AvgIpc) is 2.39. The van der Waals surface area contributed by atoms with Crippen LogP contribution in [0.4, 0.5) is 5.69 Å². The van der Waals surface area contributed by atoms with Crippen molar-refractivity contribution in [3.05, 3.63) is 29.8 Å². The van der Waals surface area contributed by atoms with Crippen molar-refractivity contribution in [2.24, 2.45) is 0 Å². The summed E-state index contributed by atoms with van der Waals surface area (Å²) in [5.74, 6) is 0. The van der Waals surface area contributed by atoms with E-state index in [0.717, 1.165) is 32.7 Å². The van der Waals surface area contributed by atoms with Gasteiger partial charge in [0.05, 0.1) is 0 Å². The zero-order valence-corrected chi connectivity index (χ0v) is 11.7. The first-order valence-electron chi connectivity index (χ1n) is 6.81. The minimum Gasteiger partial charge on any atom is -0.372 e. The third-order valence-electron chi connectivity index (χ3n) is 3.38. The highest BCUT2D eigenvalue weighted by Crippen LogP contribution is 2.21. The molecule has 1 aromatic carbocycles. The van der Waals surface area contributed by atoms with E-state index < -0.39 is 0 Å². The van der Waals surface area contributed by atoms with E-state index in [0.29, 0.717) is 0 Å². The van der Waals surface area contributed by atoms with Crippen LogP contribution < -0.4 is 4.90 Å². The largest absolute Gasteiger partial charge is 0.372 e. The molecule has 0 aliphatic heterocycles. The Hall–Kier alpha value is -1.02. The fraction of sp³-hybridized carbons (Fsp3) is 0.600. The average molecular weight is 234 g/mol. The maximum atomic E-state index is 2.46. The lowest BCUT2D eigenvalue weighted by molar-refractivity contribution is 0.296. The number of benzene rings is 1. The molecular formula is C15H26N2. The number of hydrogen-bond donors (Lipinski definition) is 0. The lowest BCUT2D eigenvalue weighted by Gasteiger charge is -2.26. The van der Waals surface area contributed by atoms with Crippen molar-refractivity contribution in [2.75, 3.05) is 31.1 Å². The monoisotopic (exact) mass is 234 g/mol. The molecule has 0 aliphatic rings. The van der Waals surface area contributed by atoms with E-state index >= 15 is 0 Å². The summed E-state index contributed by atoms with van der Waals surface area (Å²) in [5, 5.41) is 0. The summed E-state index contributed by atoms with van der Waals surface area (Å²) < 4.78 is 0. The van der Waals surface area contributed by atoms with Crippen LogP contribution in [0.5, 0.6) is 0 Å². The van der Waals surface area contributed by atoms with Crippen LogP contribution in [0.2, 0.25) is 0 Å². The molecule has 0 saturated carbocycles. The molecule has 96 valence electrons. The Morgan fingerprint density at radius 3 is 1.94 bits per heavy atom. The second-order valence-electron chi connectivity index (χ2n) is 4.26. The van der Waals surface area contributed by atoms with E-state index in [1.165, 1.54) is 11.3 Å². The highest BCUT2D eigenvalue weighted by atomic mass is 15.1. The van der Waals surface area contributed by atoms with Gasteiger partial charge in [0.15, 0.2) is 0 Å². The third kappa shape index (κ3) is 3.74. The van der Waals surface area contributed by atoms with Gasteiger partial charge in [-0.2, -0.15) is 0 Å². The van der Waals surface area contributed by atoms with E-state index in [2.05, 4.69) is 61.8 Å². The highest BCUT2D eigenvalue weighted by Gasteiger charge is 2.09. The summed E-state index contributed by atoms with van der Waals surface area (Å²) in [5.41, 5.74) is 2.84. The lowest BCUT2D eigenvalue weighted by Crippen LogP contribution is -2.26. The second-order valence-corrected chi connectivity index (χ2v) is 4.26. The summed E-state index contributed by atoms with van der Waals surface area (Å²) in [7, 11) is 0. The summed E-state index contributed by atoms with van der Waals surface area (Å²) >= 11 is 0. The van der Waals surface area contributed by atoms with Gasteiger partial charge in [-0.1, -0.05) is 32.0 Å². The highest BCUT2D eigenvalue weighted by molar-refractivity contribution is 5.53. The van der Waals surface area contributed by atoms with Gasteiger partial charge in [-0.05, 0) is 38.6 Å². The molecule has 0 atom stereocenters. The predicted octanol–water partition coefficient (Wildman–Crippen LogP) is 3.37.